The van der Waals surface area contributed by atoms with Crippen LogP contribution in [0, 0.1) is 0 Å². The van der Waals surface area contributed by atoms with E-state index in [2.05, 4.69) is 20.3 Å². The van der Waals surface area contributed by atoms with Gasteiger partial charge in [0.05, 0.1) is 6.54 Å². The van der Waals surface area contributed by atoms with Gasteiger partial charge in [0.15, 0.2) is 0 Å². The Kier molecular flexibility index (Phi) is 5.71. The summed E-state index contributed by atoms with van der Waals surface area (Å²) in [5.41, 5.74) is 0. The smallest absolute Gasteiger partial charge is 0.244 e. The lowest BCUT2D eigenvalue weighted by Crippen LogP contribution is -2.35. The Balaban J connectivity index is 2.91. The zero-order chi connectivity index (χ0) is 14.3. The van der Waals surface area contributed by atoms with Crippen LogP contribution in [0.4, 0.5) is 5.82 Å². The van der Waals surface area contributed by atoms with Crippen molar-refractivity contribution in [1.82, 2.24) is 15.0 Å². The minimum absolute atomic E-state index is 0.0346. The molecule has 8 heteroatoms. The molecular formula is C11H18N4O3S. The van der Waals surface area contributed by atoms with E-state index in [1.807, 2.05) is 6.92 Å². The monoisotopic (exact) mass is 286 g/mol. The summed E-state index contributed by atoms with van der Waals surface area (Å²) in [5.74, 6) is -0.121. The van der Waals surface area contributed by atoms with Crippen molar-refractivity contribution in [3.8, 4) is 0 Å². The van der Waals surface area contributed by atoms with E-state index in [9.17, 15) is 13.2 Å². The van der Waals surface area contributed by atoms with E-state index in [1.165, 1.54) is 25.4 Å². The zero-order valence-corrected chi connectivity index (χ0v) is 11.8. The number of likely N-dealkylation sites (N-methyl/N-ethyl adjacent to an activating group) is 1. The van der Waals surface area contributed by atoms with E-state index < -0.39 is 15.9 Å². The summed E-state index contributed by atoms with van der Waals surface area (Å²) in [6.45, 7) is 2.28. The van der Waals surface area contributed by atoms with Crippen LogP contribution in [0.25, 0.3) is 0 Å². The molecule has 19 heavy (non-hydrogen) atoms. The molecule has 0 radical (unpaired) electrons. The average molecular weight is 286 g/mol. The molecule has 1 rings (SSSR count). The Morgan fingerprint density at radius 3 is 2.79 bits per heavy atom. The molecule has 0 aromatic carbocycles. The van der Waals surface area contributed by atoms with Crippen molar-refractivity contribution in [2.45, 2.75) is 18.2 Å². The summed E-state index contributed by atoms with van der Waals surface area (Å²) in [5, 5.41) is 5.28. The standard InChI is InChI=1S/C11H18N4O3S/c1-3-6-13-11-9(5-4-7-14-11)19(17,18)15-8-10(16)12-2/h4-5,7,15H,3,6,8H2,1-2H3,(H,12,16)(H,13,14). The van der Waals surface area contributed by atoms with E-state index >= 15 is 0 Å². The van der Waals surface area contributed by atoms with Gasteiger partial charge in [0, 0.05) is 19.8 Å². The zero-order valence-electron chi connectivity index (χ0n) is 10.9. The highest BCUT2D eigenvalue weighted by Crippen LogP contribution is 2.17. The fourth-order valence-electron chi connectivity index (χ4n) is 1.31. The lowest BCUT2D eigenvalue weighted by molar-refractivity contribution is -0.119. The maximum atomic E-state index is 12.1. The number of pyridine rings is 1. The van der Waals surface area contributed by atoms with E-state index in [4.69, 9.17) is 0 Å². The highest BCUT2D eigenvalue weighted by atomic mass is 32.2. The highest BCUT2D eigenvalue weighted by Gasteiger charge is 2.19. The number of nitrogens with one attached hydrogen (secondary N) is 3. The first-order chi connectivity index (χ1) is 9.01. The number of carbonyl (C=O) groups is 1. The summed E-state index contributed by atoms with van der Waals surface area (Å²) in [6, 6.07) is 2.97. The van der Waals surface area contributed by atoms with Gasteiger partial charge in [-0.25, -0.2) is 18.1 Å². The molecule has 1 aromatic rings. The molecule has 1 aromatic heterocycles. The predicted octanol–water partition coefficient (Wildman–Crippen LogP) is -0.0722. The maximum Gasteiger partial charge on any atom is 0.244 e. The van der Waals surface area contributed by atoms with Crippen molar-refractivity contribution < 1.29 is 13.2 Å². The van der Waals surface area contributed by atoms with Crippen LogP contribution in [0.3, 0.4) is 0 Å². The van der Waals surface area contributed by atoms with Crippen molar-refractivity contribution in [3.63, 3.8) is 0 Å². The number of hydrogen-bond donors (Lipinski definition) is 3. The summed E-state index contributed by atoms with van der Waals surface area (Å²) in [6.07, 6.45) is 2.36. The number of hydrogen-bond acceptors (Lipinski definition) is 5. The molecular weight excluding hydrogens is 268 g/mol. The summed E-state index contributed by atoms with van der Waals surface area (Å²) in [4.78, 5) is 15.1. The van der Waals surface area contributed by atoms with Gasteiger partial charge in [-0.15, -0.1) is 0 Å². The molecule has 0 fully saturated rings. The number of carbonyl (C=O) groups excluding carboxylic acids is 1. The van der Waals surface area contributed by atoms with Crippen molar-refractivity contribution in [2.24, 2.45) is 0 Å². The van der Waals surface area contributed by atoms with Gasteiger partial charge in [-0.1, -0.05) is 6.92 Å². The van der Waals surface area contributed by atoms with Gasteiger partial charge in [-0.3, -0.25) is 4.79 Å². The maximum absolute atomic E-state index is 12.1. The number of anilines is 1. The Labute approximate surface area is 112 Å². The van der Waals surface area contributed by atoms with Crippen LogP contribution in [0.5, 0.6) is 0 Å². The number of rotatable bonds is 7. The fourth-order valence-corrected chi connectivity index (χ4v) is 2.42. The Morgan fingerprint density at radius 1 is 1.42 bits per heavy atom. The van der Waals surface area contributed by atoms with Crippen molar-refractivity contribution in [3.05, 3.63) is 18.3 Å². The molecule has 0 atom stereocenters. The van der Waals surface area contributed by atoms with E-state index in [0.717, 1.165) is 6.42 Å². The molecule has 7 nitrogen and oxygen atoms in total. The van der Waals surface area contributed by atoms with E-state index in [-0.39, 0.29) is 17.3 Å². The normalized spacial score (nSPS) is 11.1. The lowest BCUT2D eigenvalue weighted by atomic mass is 10.4. The van der Waals surface area contributed by atoms with Crippen LogP contribution < -0.4 is 15.4 Å². The minimum Gasteiger partial charge on any atom is -0.369 e. The van der Waals surface area contributed by atoms with Crippen LogP contribution in [0.1, 0.15) is 13.3 Å². The van der Waals surface area contributed by atoms with Crippen LogP contribution in [-0.2, 0) is 14.8 Å². The minimum atomic E-state index is -3.76. The summed E-state index contributed by atoms with van der Waals surface area (Å²) in [7, 11) is -2.32. The molecule has 0 unspecified atom stereocenters. The van der Waals surface area contributed by atoms with Crippen molar-refractivity contribution in [2.75, 3.05) is 25.5 Å². The van der Waals surface area contributed by atoms with Gasteiger partial charge in [0.1, 0.15) is 10.7 Å². The van der Waals surface area contributed by atoms with E-state index in [0.29, 0.717) is 6.54 Å². The third-order valence-corrected chi connectivity index (χ3v) is 3.74. The quantitative estimate of drug-likeness (QED) is 0.651. The molecule has 3 N–H and O–H groups in total. The molecule has 0 spiro atoms. The third kappa shape index (κ3) is 4.49. The molecule has 0 aliphatic carbocycles. The number of nitrogens with zero attached hydrogens (tertiary/aromatic N) is 1. The largest absolute Gasteiger partial charge is 0.369 e. The molecule has 106 valence electrons. The first-order valence-electron chi connectivity index (χ1n) is 5.90. The second-order valence-corrected chi connectivity index (χ2v) is 5.51. The molecule has 0 bridgehead atoms. The Bertz CT molecular complexity index is 530. The van der Waals surface area contributed by atoms with Crippen LogP contribution in [0.15, 0.2) is 23.2 Å². The van der Waals surface area contributed by atoms with Crippen molar-refractivity contribution >= 4 is 21.7 Å². The molecule has 1 amide bonds. The van der Waals surface area contributed by atoms with Gasteiger partial charge >= 0.3 is 0 Å². The Hall–Kier alpha value is -1.67. The SMILES string of the molecule is CCCNc1ncccc1S(=O)(=O)NCC(=O)NC. The van der Waals surface area contributed by atoms with Gasteiger partial charge in [0.2, 0.25) is 15.9 Å². The molecule has 0 saturated heterocycles. The van der Waals surface area contributed by atoms with Crippen LogP contribution in [-0.4, -0.2) is 39.4 Å². The van der Waals surface area contributed by atoms with Gasteiger partial charge < -0.3 is 10.6 Å². The fraction of sp³-hybridized carbons (Fsp3) is 0.455. The number of aromatic nitrogens is 1. The third-order valence-electron chi connectivity index (χ3n) is 2.30. The summed E-state index contributed by atoms with van der Waals surface area (Å²) < 4.78 is 26.4. The molecule has 0 aliphatic heterocycles. The topological polar surface area (TPSA) is 100 Å². The summed E-state index contributed by atoms with van der Waals surface area (Å²) >= 11 is 0. The van der Waals surface area contributed by atoms with E-state index in [1.54, 1.807) is 0 Å². The van der Waals surface area contributed by atoms with Crippen molar-refractivity contribution in [1.29, 1.82) is 0 Å². The second kappa shape index (κ2) is 7.05. The van der Waals surface area contributed by atoms with Gasteiger partial charge in [-0.05, 0) is 18.6 Å². The first-order valence-corrected chi connectivity index (χ1v) is 7.38. The van der Waals surface area contributed by atoms with Gasteiger partial charge in [0.25, 0.3) is 0 Å². The molecule has 0 saturated carbocycles. The second-order valence-electron chi connectivity index (χ2n) is 3.77. The van der Waals surface area contributed by atoms with Crippen LogP contribution >= 0.6 is 0 Å². The number of amides is 1. The number of sulfonamides is 1. The highest BCUT2D eigenvalue weighted by molar-refractivity contribution is 7.89. The predicted molar refractivity (Wildman–Crippen MR) is 72.3 cm³/mol. The van der Waals surface area contributed by atoms with Crippen LogP contribution in [0.2, 0.25) is 0 Å². The average Bonchev–Trinajstić information content (AvgIpc) is 2.42. The van der Waals surface area contributed by atoms with Gasteiger partial charge in [-0.2, -0.15) is 0 Å². The lowest BCUT2D eigenvalue weighted by Gasteiger charge is -2.11. The molecule has 1 heterocycles. The first kappa shape index (κ1) is 15.4. The Morgan fingerprint density at radius 2 is 2.16 bits per heavy atom. The molecule has 0 aliphatic rings.